The van der Waals surface area contributed by atoms with E-state index in [0.717, 1.165) is 5.56 Å². The van der Waals surface area contributed by atoms with Gasteiger partial charge in [0.2, 0.25) is 11.8 Å². The Morgan fingerprint density at radius 2 is 1.89 bits per heavy atom. The first-order valence-corrected chi connectivity index (χ1v) is 12.5. The van der Waals surface area contributed by atoms with E-state index in [9.17, 15) is 24.0 Å². The predicted molar refractivity (Wildman–Crippen MR) is 136 cm³/mol. The van der Waals surface area contributed by atoms with Gasteiger partial charge in [-0.05, 0) is 61.1 Å². The number of carbonyl (C=O) groups is 3. The van der Waals surface area contributed by atoms with Crippen LogP contribution in [-0.4, -0.2) is 46.1 Å². The molecule has 2 aromatic rings. The number of hydrogen-bond donors (Lipinski definition) is 1. The van der Waals surface area contributed by atoms with Crippen LogP contribution in [-0.2, 0) is 20.5 Å². The number of para-hydroxylation sites is 1. The van der Waals surface area contributed by atoms with Gasteiger partial charge in [-0.1, -0.05) is 39.0 Å². The van der Waals surface area contributed by atoms with Gasteiger partial charge >= 0.3 is 0 Å². The summed E-state index contributed by atoms with van der Waals surface area (Å²) in [4.78, 5) is 44.3. The van der Waals surface area contributed by atoms with Crippen LogP contribution in [0, 0.1) is 22.6 Å². The van der Waals surface area contributed by atoms with E-state index in [4.69, 9.17) is 0 Å². The summed E-state index contributed by atoms with van der Waals surface area (Å²) in [5.74, 6) is -1.38. The minimum atomic E-state index is -1.02. The Kier molecular flexibility index (Phi) is 5.49. The predicted octanol–water partition coefficient (Wildman–Crippen LogP) is 4.34. The van der Waals surface area contributed by atoms with E-state index in [-0.39, 0.29) is 36.1 Å². The molecule has 1 N–H and O–H groups in total. The summed E-state index contributed by atoms with van der Waals surface area (Å²) >= 11 is 0. The van der Waals surface area contributed by atoms with Crippen LogP contribution >= 0.6 is 0 Å². The maximum atomic E-state index is 14.4. The Hall–Kier alpha value is -3.73. The molecular formula is C29H31FN4O3. The van der Waals surface area contributed by atoms with Crippen LogP contribution in [0.4, 0.5) is 10.1 Å². The van der Waals surface area contributed by atoms with Crippen molar-refractivity contribution in [1.82, 2.24) is 9.80 Å². The number of hydrogen-bond acceptors (Lipinski definition) is 4. The molecule has 3 aliphatic rings. The highest BCUT2D eigenvalue weighted by atomic mass is 19.1. The summed E-state index contributed by atoms with van der Waals surface area (Å²) in [7, 11) is 0. The molecule has 3 heterocycles. The monoisotopic (exact) mass is 502 g/mol. The first kappa shape index (κ1) is 24.9. The van der Waals surface area contributed by atoms with E-state index in [1.54, 1.807) is 4.90 Å². The van der Waals surface area contributed by atoms with E-state index >= 15 is 0 Å². The zero-order valence-corrected chi connectivity index (χ0v) is 21.8. The maximum Gasteiger partial charge on any atom is 0.255 e. The molecule has 0 unspecified atom stereocenters. The van der Waals surface area contributed by atoms with Crippen LogP contribution in [0.5, 0.6) is 0 Å². The number of fused-ring (bicyclic) bond motifs is 3. The highest BCUT2D eigenvalue weighted by Crippen LogP contribution is 2.48. The molecule has 0 radical (unpaired) electrons. The van der Waals surface area contributed by atoms with Crippen molar-refractivity contribution in [2.45, 2.75) is 70.5 Å². The Bertz CT molecular complexity index is 1370. The van der Waals surface area contributed by atoms with Gasteiger partial charge in [-0.3, -0.25) is 14.4 Å². The summed E-state index contributed by atoms with van der Waals surface area (Å²) < 4.78 is 14.2. The van der Waals surface area contributed by atoms with Gasteiger partial charge in [0, 0.05) is 24.2 Å². The van der Waals surface area contributed by atoms with E-state index < -0.39 is 28.9 Å². The van der Waals surface area contributed by atoms with Crippen LogP contribution in [0.3, 0.4) is 0 Å². The van der Waals surface area contributed by atoms with E-state index in [0.29, 0.717) is 23.2 Å². The van der Waals surface area contributed by atoms with Crippen molar-refractivity contribution >= 4 is 23.4 Å². The maximum absolute atomic E-state index is 14.4. The highest BCUT2D eigenvalue weighted by molar-refractivity contribution is 6.08. The van der Waals surface area contributed by atoms with Crippen molar-refractivity contribution < 1.29 is 18.8 Å². The standard InChI is InChI=1S/C29H31FN4O3/c1-27(2,3)14-23(34-24(35)19-11-10-17(30)12-21(19)28(34,4)5)25(36)33-16-29(13-18(33)15-31)20-8-6-7-9-22(20)32-26(29)37/h6-12,18,23H,13-14,16H2,1-5H3,(H,32,37)/t18-,23-,29-/m0/s1. The number of nitrogens with one attached hydrogen (secondary N) is 1. The second kappa shape index (κ2) is 8.14. The largest absolute Gasteiger partial charge is 0.325 e. The Balaban J connectivity index is 1.56. The van der Waals surface area contributed by atoms with Crippen LogP contribution in [0.15, 0.2) is 42.5 Å². The number of carbonyl (C=O) groups excluding carboxylic acids is 3. The van der Waals surface area contributed by atoms with Crippen LogP contribution in [0.25, 0.3) is 0 Å². The molecule has 7 nitrogen and oxygen atoms in total. The van der Waals surface area contributed by atoms with Gasteiger partial charge in [-0.25, -0.2) is 4.39 Å². The highest BCUT2D eigenvalue weighted by Gasteiger charge is 2.58. The molecule has 0 aromatic heterocycles. The Morgan fingerprint density at radius 1 is 1.19 bits per heavy atom. The summed E-state index contributed by atoms with van der Waals surface area (Å²) in [6.07, 6.45) is 0.519. The smallest absolute Gasteiger partial charge is 0.255 e. The van der Waals surface area contributed by atoms with Crippen LogP contribution in [0.1, 0.15) is 68.9 Å². The van der Waals surface area contributed by atoms with E-state index in [2.05, 4.69) is 11.4 Å². The molecule has 2 aromatic carbocycles. The molecule has 1 fully saturated rings. The third kappa shape index (κ3) is 3.71. The normalized spacial score (nSPS) is 24.6. The molecule has 3 atom stereocenters. The van der Waals surface area contributed by atoms with E-state index in [1.165, 1.54) is 23.1 Å². The average molecular weight is 503 g/mol. The molecule has 8 heteroatoms. The first-order chi connectivity index (χ1) is 17.3. The van der Waals surface area contributed by atoms with Gasteiger partial charge < -0.3 is 15.1 Å². The number of rotatable bonds is 3. The molecule has 0 saturated carbocycles. The number of likely N-dealkylation sites (tertiary alicyclic amines) is 1. The van der Waals surface area contributed by atoms with Gasteiger partial charge in [0.15, 0.2) is 0 Å². The number of nitrogens with zero attached hydrogens (tertiary/aromatic N) is 3. The number of nitriles is 1. The SMILES string of the molecule is CC(C)(C)C[C@@H](C(=O)N1C[C@]2(C[C@H]1C#N)C(=O)Nc1ccccc12)N1C(=O)c2ccc(F)cc2C1(C)C. The second-order valence-corrected chi connectivity index (χ2v) is 12.1. The van der Waals surface area contributed by atoms with Gasteiger partial charge in [-0.15, -0.1) is 0 Å². The van der Waals surface area contributed by atoms with Gasteiger partial charge in [0.25, 0.3) is 5.91 Å². The van der Waals surface area contributed by atoms with Crippen LogP contribution in [0.2, 0.25) is 0 Å². The second-order valence-electron chi connectivity index (χ2n) is 12.1. The van der Waals surface area contributed by atoms with E-state index in [1.807, 2.05) is 58.9 Å². The lowest BCUT2D eigenvalue weighted by Gasteiger charge is -2.42. The van der Waals surface area contributed by atoms with Crippen molar-refractivity contribution in [3.8, 4) is 6.07 Å². The summed E-state index contributed by atoms with van der Waals surface area (Å²) in [6.45, 7) is 9.64. The number of halogens is 1. The fraction of sp³-hybridized carbons (Fsp3) is 0.448. The molecule has 0 aliphatic carbocycles. The fourth-order valence-corrected chi connectivity index (χ4v) is 6.30. The molecule has 1 spiro atoms. The molecule has 3 amide bonds. The zero-order chi connectivity index (χ0) is 26.9. The molecule has 192 valence electrons. The lowest BCUT2D eigenvalue weighted by molar-refractivity contribution is -0.139. The van der Waals surface area contributed by atoms with Crippen LogP contribution < -0.4 is 5.32 Å². The summed E-state index contributed by atoms with van der Waals surface area (Å²) in [6, 6.07) is 11.9. The summed E-state index contributed by atoms with van der Waals surface area (Å²) in [5, 5.41) is 13.0. The van der Waals surface area contributed by atoms with Crippen molar-refractivity contribution in [3.05, 3.63) is 65.0 Å². The zero-order valence-electron chi connectivity index (χ0n) is 21.8. The lowest BCUT2D eigenvalue weighted by Crippen LogP contribution is -2.56. The molecule has 5 rings (SSSR count). The first-order valence-electron chi connectivity index (χ1n) is 12.5. The number of benzene rings is 2. The fourth-order valence-electron chi connectivity index (χ4n) is 6.30. The van der Waals surface area contributed by atoms with Crippen molar-refractivity contribution in [1.29, 1.82) is 5.26 Å². The number of amides is 3. The average Bonchev–Trinajstić information content (AvgIpc) is 3.41. The minimum Gasteiger partial charge on any atom is -0.325 e. The van der Waals surface area contributed by atoms with Crippen molar-refractivity contribution in [2.24, 2.45) is 5.41 Å². The molecule has 0 bridgehead atoms. The van der Waals surface area contributed by atoms with Crippen molar-refractivity contribution in [3.63, 3.8) is 0 Å². The molecular weight excluding hydrogens is 471 g/mol. The molecule has 1 saturated heterocycles. The van der Waals surface area contributed by atoms with Crippen molar-refractivity contribution in [2.75, 3.05) is 11.9 Å². The quantitative estimate of drug-likeness (QED) is 0.676. The molecule has 3 aliphatic heterocycles. The third-order valence-electron chi connectivity index (χ3n) is 8.01. The third-order valence-corrected chi connectivity index (χ3v) is 8.01. The topological polar surface area (TPSA) is 93.5 Å². The number of anilines is 1. The van der Waals surface area contributed by atoms with Gasteiger partial charge in [-0.2, -0.15) is 5.26 Å². The minimum absolute atomic E-state index is 0.0532. The Labute approximate surface area is 216 Å². The molecule has 37 heavy (non-hydrogen) atoms. The van der Waals surface area contributed by atoms with Gasteiger partial charge in [0.1, 0.15) is 17.9 Å². The Morgan fingerprint density at radius 3 is 2.57 bits per heavy atom. The van der Waals surface area contributed by atoms with Gasteiger partial charge in [0.05, 0.1) is 17.0 Å². The summed E-state index contributed by atoms with van der Waals surface area (Å²) in [5.41, 5.74) is 0.0709. The lowest BCUT2D eigenvalue weighted by atomic mass is 9.80.